The van der Waals surface area contributed by atoms with E-state index in [1.807, 2.05) is 30.3 Å². The SMILES string of the molecule is COCCn1c(-c2ccccc2)nc2c1CC(C)(C)CC2=O. The fourth-order valence-electron chi connectivity index (χ4n) is 3.15. The van der Waals surface area contributed by atoms with Crippen molar-refractivity contribution in [3.05, 3.63) is 41.7 Å². The zero-order valence-electron chi connectivity index (χ0n) is 13.4. The number of fused-ring (bicyclic) bond motifs is 1. The van der Waals surface area contributed by atoms with Gasteiger partial charge in [0.05, 0.1) is 6.61 Å². The summed E-state index contributed by atoms with van der Waals surface area (Å²) in [5.41, 5.74) is 2.73. The third-order valence-electron chi connectivity index (χ3n) is 4.17. The first-order chi connectivity index (χ1) is 10.5. The largest absolute Gasteiger partial charge is 0.383 e. The summed E-state index contributed by atoms with van der Waals surface area (Å²) >= 11 is 0. The average molecular weight is 298 g/mol. The summed E-state index contributed by atoms with van der Waals surface area (Å²) in [6.07, 6.45) is 1.44. The van der Waals surface area contributed by atoms with Crippen molar-refractivity contribution in [1.82, 2.24) is 9.55 Å². The number of methoxy groups -OCH3 is 1. The molecule has 0 radical (unpaired) electrons. The number of nitrogens with zero attached hydrogens (tertiary/aromatic N) is 2. The van der Waals surface area contributed by atoms with Crippen molar-refractivity contribution in [2.24, 2.45) is 5.41 Å². The van der Waals surface area contributed by atoms with Gasteiger partial charge < -0.3 is 9.30 Å². The fraction of sp³-hybridized carbons (Fsp3) is 0.444. The van der Waals surface area contributed by atoms with Crippen molar-refractivity contribution in [3.63, 3.8) is 0 Å². The molecule has 2 aromatic rings. The molecule has 1 aliphatic rings. The van der Waals surface area contributed by atoms with E-state index in [1.54, 1.807) is 7.11 Å². The van der Waals surface area contributed by atoms with Gasteiger partial charge >= 0.3 is 0 Å². The molecule has 1 aromatic heterocycles. The molecule has 0 saturated carbocycles. The lowest BCUT2D eigenvalue weighted by Gasteiger charge is -2.28. The Hall–Kier alpha value is -1.94. The quantitative estimate of drug-likeness (QED) is 0.869. The lowest BCUT2D eigenvalue weighted by atomic mass is 9.77. The molecule has 1 aromatic carbocycles. The number of aromatic nitrogens is 2. The van der Waals surface area contributed by atoms with Crippen LogP contribution in [0, 0.1) is 5.41 Å². The summed E-state index contributed by atoms with van der Waals surface area (Å²) in [5.74, 6) is 1.02. The minimum Gasteiger partial charge on any atom is -0.383 e. The van der Waals surface area contributed by atoms with Gasteiger partial charge in [0.25, 0.3) is 0 Å². The van der Waals surface area contributed by atoms with Gasteiger partial charge in [-0.05, 0) is 11.8 Å². The molecule has 116 valence electrons. The molecule has 4 nitrogen and oxygen atoms in total. The normalized spacial score (nSPS) is 16.6. The van der Waals surface area contributed by atoms with Gasteiger partial charge in [0.15, 0.2) is 5.78 Å². The predicted octanol–water partition coefficient (Wildman–Crippen LogP) is 3.35. The van der Waals surface area contributed by atoms with Crippen LogP contribution in [0.2, 0.25) is 0 Å². The van der Waals surface area contributed by atoms with E-state index < -0.39 is 0 Å². The van der Waals surface area contributed by atoms with E-state index >= 15 is 0 Å². The number of hydrogen-bond acceptors (Lipinski definition) is 3. The minimum absolute atomic E-state index is 0.0110. The molecule has 1 aliphatic carbocycles. The molecular formula is C18H22N2O2. The molecule has 0 saturated heterocycles. The van der Waals surface area contributed by atoms with Gasteiger partial charge in [-0.1, -0.05) is 44.2 Å². The molecular weight excluding hydrogens is 276 g/mol. The number of carbonyl (C=O) groups is 1. The highest BCUT2D eigenvalue weighted by Gasteiger charge is 2.35. The highest BCUT2D eigenvalue weighted by atomic mass is 16.5. The van der Waals surface area contributed by atoms with E-state index in [0.717, 1.165) is 23.5 Å². The van der Waals surface area contributed by atoms with Crippen LogP contribution in [0.15, 0.2) is 30.3 Å². The summed E-state index contributed by atoms with van der Waals surface area (Å²) in [7, 11) is 1.70. The molecule has 1 heterocycles. The molecule has 4 heteroatoms. The Kier molecular flexibility index (Phi) is 3.87. The zero-order valence-corrected chi connectivity index (χ0v) is 13.4. The van der Waals surface area contributed by atoms with Crippen LogP contribution in [0.1, 0.15) is 36.5 Å². The molecule has 0 spiro atoms. The molecule has 0 N–H and O–H groups in total. The molecule has 0 unspecified atom stereocenters. The van der Waals surface area contributed by atoms with Crippen LogP contribution in [-0.2, 0) is 17.7 Å². The fourth-order valence-corrected chi connectivity index (χ4v) is 3.15. The van der Waals surface area contributed by atoms with Gasteiger partial charge in [0.1, 0.15) is 11.5 Å². The smallest absolute Gasteiger partial charge is 0.183 e. The van der Waals surface area contributed by atoms with Gasteiger partial charge in [-0.2, -0.15) is 0 Å². The molecule has 0 fully saturated rings. The van der Waals surface area contributed by atoms with Gasteiger partial charge in [-0.15, -0.1) is 0 Å². The number of hydrogen-bond donors (Lipinski definition) is 0. The van der Waals surface area contributed by atoms with Crippen LogP contribution in [0.3, 0.4) is 0 Å². The van der Waals surface area contributed by atoms with Crippen molar-refractivity contribution < 1.29 is 9.53 Å². The first-order valence-electron chi connectivity index (χ1n) is 7.69. The van der Waals surface area contributed by atoms with E-state index in [9.17, 15) is 4.79 Å². The Morgan fingerprint density at radius 1 is 1.23 bits per heavy atom. The highest BCUT2D eigenvalue weighted by molar-refractivity contribution is 5.97. The van der Waals surface area contributed by atoms with E-state index in [2.05, 4.69) is 23.4 Å². The Balaban J connectivity index is 2.13. The van der Waals surface area contributed by atoms with Crippen molar-refractivity contribution in [2.75, 3.05) is 13.7 Å². The number of ether oxygens (including phenoxy) is 1. The second-order valence-electron chi connectivity index (χ2n) is 6.68. The minimum atomic E-state index is -0.0110. The first-order valence-corrected chi connectivity index (χ1v) is 7.69. The van der Waals surface area contributed by atoms with Crippen LogP contribution in [0.25, 0.3) is 11.4 Å². The molecule has 0 bridgehead atoms. The maximum Gasteiger partial charge on any atom is 0.183 e. The van der Waals surface area contributed by atoms with E-state index in [1.165, 1.54) is 0 Å². The van der Waals surface area contributed by atoms with Crippen molar-refractivity contribution in [1.29, 1.82) is 0 Å². The Bertz CT molecular complexity index is 687. The molecule has 0 atom stereocenters. The predicted molar refractivity (Wildman–Crippen MR) is 86.0 cm³/mol. The number of ketones is 1. The maximum absolute atomic E-state index is 12.5. The van der Waals surface area contributed by atoms with Crippen molar-refractivity contribution in [2.45, 2.75) is 33.2 Å². The number of Topliss-reactive ketones (excluding diaryl/α,β-unsaturated/α-hetero) is 1. The molecule has 3 rings (SSSR count). The summed E-state index contributed by atoms with van der Waals surface area (Å²) in [4.78, 5) is 17.1. The lowest BCUT2D eigenvalue weighted by molar-refractivity contribution is 0.0904. The van der Waals surface area contributed by atoms with Crippen molar-refractivity contribution >= 4 is 5.78 Å². The number of carbonyl (C=O) groups excluding carboxylic acids is 1. The summed E-state index contributed by atoms with van der Waals surface area (Å²) in [5, 5.41) is 0. The summed E-state index contributed by atoms with van der Waals surface area (Å²) in [6, 6.07) is 10.0. The number of imidazole rings is 1. The molecule has 0 aliphatic heterocycles. The van der Waals surface area contributed by atoms with Gasteiger partial charge in [-0.3, -0.25) is 4.79 Å². The topological polar surface area (TPSA) is 44.1 Å². The van der Waals surface area contributed by atoms with Crippen LogP contribution in [0.5, 0.6) is 0 Å². The van der Waals surface area contributed by atoms with Crippen LogP contribution >= 0.6 is 0 Å². The van der Waals surface area contributed by atoms with Crippen LogP contribution in [0.4, 0.5) is 0 Å². The standard InChI is InChI=1S/C18H22N2O2/c1-18(2)11-14-16(15(21)12-18)19-17(20(14)9-10-22-3)13-7-5-4-6-8-13/h4-8H,9-12H2,1-3H3. The molecule has 0 amide bonds. The van der Waals surface area contributed by atoms with Crippen molar-refractivity contribution in [3.8, 4) is 11.4 Å². The Morgan fingerprint density at radius 3 is 2.64 bits per heavy atom. The third kappa shape index (κ3) is 2.71. The average Bonchev–Trinajstić information content (AvgIpc) is 2.83. The Morgan fingerprint density at radius 2 is 1.95 bits per heavy atom. The number of benzene rings is 1. The highest BCUT2D eigenvalue weighted by Crippen LogP contribution is 2.36. The van der Waals surface area contributed by atoms with Gasteiger partial charge in [-0.25, -0.2) is 4.98 Å². The first kappa shape index (κ1) is 15.0. The number of rotatable bonds is 4. The zero-order chi connectivity index (χ0) is 15.7. The van der Waals surface area contributed by atoms with E-state index in [4.69, 9.17) is 4.74 Å². The third-order valence-corrected chi connectivity index (χ3v) is 4.17. The van der Waals surface area contributed by atoms with Gasteiger partial charge in [0.2, 0.25) is 0 Å². The second kappa shape index (κ2) is 5.69. The maximum atomic E-state index is 12.5. The summed E-state index contributed by atoms with van der Waals surface area (Å²) < 4.78 is 7.40. The monoisotopic (exact) mass is 298 g/mol. The van der Waals surface area contributed by atoms with Gasteiger partial charge in [0, 0.05) is 31.3 Å². The van der Waals surface area contributed by atoms with E-state index in [-0.39, 0.29) is 11.2 Å². The lowest BCUT2D eigenvalue weighted by Crippen LogP contribution is -2.28. The second-order valence-corrected chi connectivity index (χ2v) is 6.68. The summed E-state index contributed by atoms with van der Waals surface area (Å²) in [6.45, 7) is 5.61. The van der Waals surface area contributed by atoms with E-state index in [0.29, 0.717) is 25.3 Å². The van der Waals surface area contributed by atoms with Crippen LogP contribution < -0.4 is 0 Å². The van der Waals surface area contributed by atoms with Crippen LogP contribution in [-0.4, -0.2) is 29.1 Å². The molecule has 22 heavy (non-hydrogen) atoms. The Labute approximate surface area is 131 Å².